The smallest absolute Gasteiger partial charge is 0.408 e. The molecule has 0 bridgehead atoms. The Morgan fingerprint density at radius 3 is 2.25 bits per heavy atom. The van der Waals surface area contributed by atoms with Crippen molar-refractivity contribution in [2.24, 2.45) is 0 Å². The maximum Gasteiger partial charge on any atom is 0.408 e. The monoisotopic (exact) mass is 350 g/mol. The average Bonchev–Trinajstić information content (AvgIpc) is 2.29. The van der Waals surface area contributed by atoms with Gasteiger partial charge >= 0.3 is 12.1 Å². The summed E-state index contributed by atoms with van der Waals surface area (Å²) in [6.07, 6.45) is -2.39. The summed E-state index contributed by atoms with van der Waals surface area (Å²) in [7, 11) is 0. The molecule has 20 heavy (non-hydrogen) atoms. The molecule has 0 saturated heterocycles. The predicted octanol–water partition coefficient (Wildman–Crippen LogP) is 0.0330. The highest BCUT2D eigenvalue weighted by molar-refractivity contribution is 6.67. The fraction of sp³-hybridized carbons (Fsp3) is 0.667. The SMILES string of the molecule is C[C@@H](O)[C@H](NC(=O)OCC(Cl)(Cl)Cl)C(=O)NCC(=O)O. The molecule has 8 nitrogen and oxygen atoms in total. The second-order valence-electron chi connectivity index (χ2n) is 3.67. The van der Waals surface area contributed by atoms with Crippen molar-refractivity contribution < 1.29 is 29.3 Å². The molecule has 0 saturated carbocycles. The second kappa shape index (κ2) is 8.35. The molecule has 0 aromatic heterocycles. The molecule has 0 aromatic carbocycles. The zero-order valence-electron chi connectivity index (χ0n) is 10.2. The summed E-state index contributed by atoms with van der Waals surface area (Å²) in [5.41, 5.74) is 0. The molecule has 116 valence electrons. The van der Waals surface area contributed by atoms with Crippen molar-refractivity contribution in [3.05, 3.63) is 0 Å². The van der Waals surface area contributed by atoms with Gasteiger partial charge in [0.1, 0.15) is 19.2 Å². The lowest BCUT2D eigenvalue weighted by Gasteiger charge is -2.20. The molecule has 0 aromatic rings. The van der Waals surface area contributed by atoms with E-state index in [2.05, 4.69) is 4.74 Å². The molecule has 2 atom stereocenters. The van der Waals surface area contributed by atoms with Gasteiger partial charge in [0.25, 0.3) is 0 Å². The Hall–Kier alpha value is -0.960. The third-order valence-corrected chi connectivity index (χ3v) is 2.15. The van der Waals surface area contributed by atoms with Gasteiger partial charge in [0, 0.05) is 0 Å². The van der Waals surface area contributed by atoms with E-state index >= 15 is 0 Å². The van der Waals surface area contributed by atoms with Crippen molar-refractivity contribution in [2.45, 2.75) is 22.9 Å². The van der Waals surface area contributed by atoms with E-state index < -0.39 is 47.1 Å². The van der Waals surface area contributed by atoms with E-state index in [0.29, 0.717) is 0 Å². The van der Waals surface area contributed by atoms with Crippen LogP contribution in [0.1, 0.15) is 6.92 Å². The lowest BCUT2D eigenvalue weighted by molar-refractivity contribution is -0.138. The van der Waals surface area contributed by atoms with Crippen molar-refractivity contribution in [1.29, 1.82) is 0 Å². The first kappa shape index (κ1) is 19.0. The standard InChI is InChI=1S/C9H13Cl3N2O6/c1-4(15)6(7(18)13-2-5(16)17)14-8(19)20-3-9(10,11)12/h4,6,15H,2-3H2,1H3,(H,13,18)(H,14,19)(H,16,17)/t4-,6+/m1/s1. The van der Waals surface area contributed by atoms with Crippen molar-refractivity contribution in [3.8, 4) is 0 Å². The third kappa shape index (κ3) is 9.03. The summed E-state index contributed by atoms with van der Waals surface area (Å²) in [6, 6.07) is -1.41. The highest BCUT2D eigenvalue weighted by atomic mass is 35.6. The first-order valence-corrected chi connectivity index (χ1v) is 6.34. The van der Waals surface area contributed by atoms with Gasteiger partial charge in [-0.3, -0.25) is 9.59 Å². The number of carbonyl (C=O) groups excluding carboxylic acids is 2. The molecular formula is C9H13Cl3N2O6. The quantitative estimate of drug-likeness (QED) is 0.501. The topological polar surface area (TPSA) is 125 Å². The summed E-state index contributed by atoms with van der Waals surface area (Å²) in [4.78, 5) is 33.2. The van der Waals surface area contributed by atoms with Crippen molar-refractivity contribution in [1.82, 2.24) is 10.6 Å². The van der Waals surface area contributed by atoms with Crippen LogP contribution in [0, 0.1) is 0 Å². The predicted molar refractivity (Wildman–Crippen MR) is 70.9 cm³/mol. The number of carboxylic acid groups (broad SMARTS) is 1. The average molecular weight is 352 g/mol. The van der Waals surface area contributed by atoms with E-state index in [-0.39, 0.29) is 0 Å². The van der Waals surface area contributed by atoms with Crippen molar-refractivity contribution >= 4 is 52.8 Å². The van der Waals surface area contributed by atoms with Gasteiger partial charge in [-0.25, -0.2) is 4.79 Å². The van der Waals surface area contributed by atoms with Crippen molar-refractivity contribution in [2.75, 3.05) is 13.2 Å². The number of carboxylic acids is 1. The molecular weight excluding hydrogens is 338 g/mol. The maximum atomic E-state index is 11.5. The van der Waals surface area contributed by atoms with E-state index in [1.54, 1.807) is 0 Å². The number of carbonyl (C=O) groups is 3. The van der Waals surface area contributed by atoms with Crippen LogP contribution in [0.4, 0.5) is 4.79 Å². The number of rotatable bonds is 6. The number of alkyl carbamates (subject to hydrolysis) is 1. The van der Waals surface area contributed by atoms with Gasteiger partial charge in [0.2, 0.25) is 9.70 Å². The van der Waals surface area contributed by atoms with E-state index in [4.69, 9.17) is 39.9 Å². The number of ether oxygens (including phenoxy) is 1. The zero-order chi connectivity index (χ0) is 15.9. The third-order valence-electron chi connectivity index (χ3n) is 1.82. The Labute approximate surface area is 129 Å². The fourth-order valence-electron chi connectivity index (χ4n) is 0.994. The van der Waals surface area contributed by atoms with Crippen molar-refractivity contribution in [3.63, 3.8) is 0 Å². The van der Waals surface area contributed by atoms with Gasteiger partial charge < -0.3 is 25.6 Å². The van der Waals surface area contributed by atoms with E-state index in [1.807, 2.05) is 10.6 Å². The Bertz CT molecular complexity index is 371. The molecule has 0 radical (unpaired) electrons. The Morgan fingerprint density at radius 1 is 1.30 bits per heavy atom. The molecule has 0 heterocycles. The molecule has 4 N–H and O–H groups in total. The molecule has 0 aliphatic carbocycles. The number of aliphatic hydroxyl groups excluding tert-OH is 1. The first-order chi connectivity index (χ1) is 9.03. The highest BCUT2D eigenvalue weighted by Gasteiger charge is 2.28. The number of alkyl halides is 3. The van der Waals surface area contributed by atoms with Crippen LogP contribution in [-0.2, 0) is 14.3 Å². The normalized spacial score (nSPS) is 14.1. The summed E-state index contributed by atoms with van der Waals surface area (Å²) < 4.78 is 2.69. The van der Waals surface area contributed by atoms with Gasteiger partial charge in [0.05, 0.1) is 6.10 Å². The summed E-state index contributed by atoms with van der Waals surface area (Å²) in [5.74, 6) is -2.17. The molecule has 0 rings (SSSR count). The van der Waals surface area contributed by atoms with Crippen LogP contribution in [0.3, 0.4) is 0 Å². The first-order valence-electron chi connectivity index (χ1n) is 5.20. The number of aliphatic carboxylic acids is 1. The van der Waals surface area contributed by atoms with Crippen LogP contribution in [0.25, 0.3) is 0 Å². The molecule has 0 unspecified atom stereocenters. The Balaban J connectivity index is 4.43. The fourth-order valence-corrected chi connectivity index (χ4v) is 1.16. The summed E-state index contributed by atoms with van der Waals surface area (Å²) in [5, 5.41) is 21.8. The van der Waals surface area contributed by atoms with Gasteiger partial charge in [-0.2, -0.15) is 0 Å². The lowest BCUT2D eigenvalue weighted by Crippen LogP contribution is -2.53. The largest absolute Gasteiger partial charge is 0.480 e. The van der Waals surface area contributed by atoms with Crippen LogP contribution in [0.15, 0.2) is 0 Å². The minimum atomic E-state index is -1.82. The molecule has 11 heteroatoms. The van der Waals surface area contributed by atoms with Gasteiger partial charge in [0.15, 0.2) is 0 Å². The van der Waals surface area contributed by atoms with Crippen LogP contribution >= 0.6 is 34.8 Å². The summed E-state index contributed by atoms with van der Waals surface area (Å²) in [6.45, 7) is -0.0000558. The molecule has 0 aliphatic heterocycles. The van der Waals surface area contributed by atoms with Crippen LogP contribution in [0.2, 0.25) is 0 Å². The maximum absolute atomic E-state index is 11.5. The van der Waals surface area contributed by atoms with Crippen LogP contribution in [-0.4, -0.2) is 57.3 Å². The molecule has 0 fully saturated rings. The number of nitrogens with one attached hydrogen (secondary N) is 2. The van der Waals surface area contributed by atoms with Crippen LogP contribution < -0.4 is 10.6 Å². The van der Waals surface area contributed by atoms with Crippen LogP contribution in [0.5, 0.6) is 0 Å². The van der Waals surface area contributed by atoms with E-state index in [1.165, 1.54) is 6.92 Å². The highest BCUT2D eigenvalue weighted by Crippen LogP contribution is 2.25. The number of aliphatic hydroxyl groups is 1. The van der Waals surface area contributed by atoms with E-state index in [9.17, 15) is 19.5 Å². The molecule has 0 spiro atoms. The van der Waals surface area contributed by atoms with E-state index in [0.717, 1.165) is 0 Å². The minimum Gasteiger partial charge on any atom is -0.480 e. The van der Waals surface area contributed by atoms with Gasteiger partial charge in [-0.15, -0.1) is 0 Å². The number of hydrogen-bond donors (Lipinski definition) is 4. The number of halogens is 3. The van der Waals surface area contributed by atoms with Gasteiger partial charge in [-0.05, 0) is 6.92 Å². The molecule has 2 amide bonds. The second-order valence-corrected chi connectivity index (χ2v) is 6.18. The Morgan fingerprint density at radius 2 is 1.85 bits per heavy atom. The lowest BCUT2D eigenvalue weighted by atomic mass is 10.1. The summed E-state index contributed by atoms with van der Waals surface area (Å²) >= 11 is 16.1. The minimum absolute atomic E-state index is 0.563. The number of amides is 2. The molecule has 0 aliphatic rings. The number of hydrogen-bond acceptors (Lipinski definition) is 5. The van der Waals surface area contributed by atoms with Gasteiger partial charge in [-0.1, -0.05) is 34.8 Å². The Kier molecular flexibility index (Phi) is 7.95. The zero-order valence-corrected chi connectivity index (χ0v) is 12.5.